The minimum absolute atomic E-state index is 0.0451. The third kappa shape index (κ3) is 4.14. The predicted molar refractivity (Wildman–Crippen MR) is 95.1 cm³/mol. The molecule has 1 aliphatic rings. The largest absolute Gasteiger partial charge is 0.355 e. The van der Waals surface area contributed by atoms with E-state index in [0.29, 0.717) is 12.3 Å². The zero-order chi connectivity index (χ0) is 16.8. The van der Waals surface area contributed by atoms with Crippen LogP contribution in [0.4, 0.5) is 5.69 Å². The van der Waals surface area contributed by atoms with E-state index in [-0.39, 0.29) is 18.4 Å². The Morgan fingerprint density at radius 1 is 1.21 bits per heavy atom. The standard InChI is InChI=1S/C18H19N3O2S/c22-16(19-10-4-8-14-6-2-1-3-7-14)12-21-15-9-5-11-20-18(15)24-13-17(21)23/h1-3,5-7,9,11H,4,8,10,12-13H2,(H,19,22). The lowest BCUT2D eigenvalue weighted by Gasteiger charge is -2.27. The van der Waals surface area contributed by atoms with E-state index >= 15 is 0 Å². The summed E-state index contributed by atoms with van der Waals surface area (Å²) < 4.78 is 0. The second-order valence-corrected chi connectivity index (χ2v) is 6.50. The molecule has 5 nitrogen and oxygen atoms in total. The number of aryl methyl sites for hydroxylation is 1. The van der Waals surface area contributed by atoms with Crippen LogP contribution in [0.25, 0.3) is 0 Å². The minimum Gasteiger partial charge on any atom is -0.355 e. The Morgan fingerprint density at radius 3 is 2.88 bits per heavy atom. The van der Waals surface area contributed by atoms with Crippen molar-refractivity contribution in [3.05, 3.63) is 54.2 Å². The van der Waals surface area contributed by atoms with Crippen molar-refractivity contribution in [3.8, 4) is 0 Å². The highest BCUT2D eigenvalue weighted by molar-refractivity contribution is 8.00. The summed E-state index contributed by atoms with van der Waals surface area (Å²) in [6.45, 7) is 0.647. The topological polar surface area (TPSA) is 62.3 Å². The van der Waals surface area contributed by atoms with Gasteiger partial charge in [0, 0.05) is 12.7 Å². The number of nitrogens with zero attached hydrogens (tertiary/aromatic N) is 2. The summed E-state index contributed by atoms with van der Waals surface area (Å²) in [5.41, 5.74) is 1.98. The molecule has 24 heavy (non-hydrogen) atoms. The summed E-state index contributed by atoms with van der Waals surface area (Å²) in [4.78, 5) is 30.0. The van der Waals surface area contributed by atoms with Gasteiger partial charge in [0.15, 0.2) is 0 Å². The lowest BCUT2D eigenvalue weighted by Crippen LogP contribution is -2.43. The second kappa shape index (κ2) is 7.97. The fraction of sp³-hybridized carbons (Fsp3) is 0.278. The number of hydrogen-bond donors (Lipinski definition) is 1. The van der Waals surface area contributed by atoms with Crippen molar-refractivity contribution in [1.29, 1.82) is 0 Å². The summed E-state index contributed by atoms with van der Waals surface area (Å²) in [6, 6.07) is 13.8. The number of thioether (sulfide) groups is 1. The molecule has 1 aliphatic heterocycles. The number of rotatable bonds is 6. The summed E-state index contributed by atoms with van der Waals surface area (Å²) >= 11 is 1.41. The molecular formula is C18H19N3O2S. The van der Waals surface area contributed by atoms with E-state index in [2.05, 4.69) is 22.4 Å². The smallest absolute Gasteiger partial charge is 0.240 e. The number of carbonyl (C=O) groups excluding carboxylic acids is 2. The Balaban J connectivity index is 1.49. The van der Waals surface area contributed by atoms with Crippen LogP contribution in [0, 0.1) is 0 Å². The van der Waals surface area contributed by atoms with Gasteiger partial charge in [-0.05, 0) is 30.5 Å². The predicted octanol–water partition coefficient (Wildman–Crippen LogP) is 2.27. The Kier molecular flexibility index (Phi) is 5.48. The first kappa shape index (κ1) is 16.5. The first-order valence-electron chi connectivity index (χ1n) is 7.93. The molecule has 2 amide bonds. The number of fused-ring (bicyclic) bond motifs is 1. The third-order valence-electron chi connectivity index (χ3n) is 3.78. The zero-order valence-corrected chi connectivity index (χ0v) is 14.1. The maximum Gasteiger partial charge on any atom is 0.240 e. The van der Waals surface area contributed by atoms with Crippen molar-refractivity contribution in [2.24, 2.45) is 0 Å². The molecule has 124 valence electrons. The number of benzene rings is 1. The van der Waals surface area contributed by atoms with Crippen LogP contribution in [0.3, 0.4) is 0 Å². The van der Waals surface area contributed by atoms with Gasteiger partial charge in [-0.1, -0.05) is 42.1 Å². The molecule has 1 aromatic carbocycles. The van der Waals surface area contributed by atoms with E-state index in [0.717, 1.165) is 23.6 Å². The van der Waals surface area contributed by atoms with Crippen LogP contribution in [-0.2, 0) is 16.0 Å². The Morgan fingerprint density at radius 2 is 2.04 bits per heavy atom. The van der Waals surface area contributed by atoms with Gasteiger partial charge in [-0.25, -0.2) is 4.98 Å². The number of hydrogen-bond acceptors (Lipinski definition) is 4. The third-order valence-corrected chi connectivity index (χ3v) is 4.76. The maximum absolute atomic E-state index is 12.1. The summed E-state index contributed by atoms with van der Waals surface area (Å²) in [5.74, 6) is 0.128. The highest BCUT2D eigenvalue weighted by Crippen LogP contribution is 2.32. The quantitative estimate of drug-likeness (QED) is 0.819. The van der Waals surface area contributed by atoms with Gasteiger partial charge in [0.2, 0.25) is 11.8 Å². The molecule has 0 atom stereocenters. The van der Waals surface area contributed by atoms with Crippen molar-refractivity contribution in [1.82, 2.24) is 10.3 Å². The van der Waals surface area contributed by atoms with Crippen molar-refractivity contribution >= 4 is 29.3 Å². The molecule has 0 aliphatic carbocycles. The molecule has 2 heterocycles. The SMILES string of the molecule is O=C(CN1C(=O)CSc2ncccc21)NCCCc1ccccc1. The highest BCUT2D eigenvalue weighted by Gasteiger charge is 2.26. The second-order valence-electron chi connectivity index (χ2n) is 5.54. The van der Waals surface area contributed by atoms with Crippen LogP contribution in [-0.4, -0.2) is 35.6 Å². The fourth-order valence-electron chi connectivity index (χ4n) is 2.58. The van der Waals surface area contributed by atoms with E-state index in [1.54, 1.807) is 12.3 Å². The minimum atomic E-state index is -0.141. The normalized spacial score (nSPS) is 13.5. The molecule has 0 saturated heterocycles. The van der Waals surface area contributed by atoms with Gasteiger partial charge in [-0.2, -0.15) is 0 Å². The molecule has 3 rings (SSSR count). The lowest BCUT2D eigenvalue weighted by atomic mass is 10.1. The molecule has 0 fully saturated rings. The lowest BCUT2D eigenvalue weighted by molar-refractivity contribution is -0.123. The van der Waals surface area contributed by atoms with E-state index < -0.39 is 0 Å². The van der Waals surface area contributed by atoms with Crippen LogP contribution in [0.2, 0.25) is 0 Å². The zero-order valence-electron chi connectivity index (χ0n) is 13.3. The molecule has 0 radical (unpaired) electrons. The molecule has 0 spiro atoms. The van der Waals surface area contributed by atoms with Crippen LogP contribution < -0.4 is 10.2 Å². The molecule has 0 unspecified atom stereocenters. The van der Waals surface area contributed by atoms with E-state index in [1.807, 2.05) is 24.3 Å². The summed E-state index contributed by atoms with van der Waals surface area (Å²) in [7, 11) is 0. The van der Waals surface area contributed by atoms with Crippen LogP contribution in [0.15, 0.2) is 53.7 Å². The van der Waals surface area contributed by atoms with Gasteiger partial charge in [-0.15, -0.1) is 0 Å². The fourth-order valence-corrected chi connectivity index (χ4v) is 3.46. The van der Waals surface area contributed by atoms with Gasteiger partial charge in [-0.3, -0.25) is 14.5 Å². The first-order valence-corrected chi connectivity index (χ1v) is 8.91. The Labute approximate surface area is 145 Å². The molecule has 2 aromatic rings. The molecule has 6 heteroatoms. The van der Waals surface area contributed by atoms with E-state index in [9.17, 15) is 9.59 Å². The van der Waals surface area contributed by atoms with Crippen molar-refractivity contribution in [3.63, 3.8) is 0 Å². The maximum atomic E-state index is 12.1. The van der Waals surface area contributed by atoms with Crippen molar-refractivity contribution in [2.75, 3.05) is 23.7 Å². The van der Waals surface area contributed by atoms with Crippen LogP contribution >= 0.6 is 11.8 Å². The van der Waals surface area contributed by atoms with Crippen molar-refractivity contribution < 1.29 is 9.59 Å². The number of aromatic nitrogens is 1. The average molecular weight is 341 g/mol. The number of amides is 2. The van der Waals surface area contributed by atoms with Crippen LogP contribution in [0.5, 0.6) is 0 Å². The molecule has 1 N–H and O–H groups in total. The van der Waals surface area contributed by atoms with E-state index in [1.165, 1.54) is 22.2 Å². The number of nitrogens with one attached hydrogen (secondary N) is 1. The molecule has 0 saturated carbocycles. The summed E-state index contributed by atoms with van der Waals surface area (Å²) in [5, 5.41) is 3.69. The molecule has 0 bridgehead atoms. The number of anilines is 1. The van der Waals surface area contributed by atoms with E-state index in [4.69, 9.17) is 0 Å². The first-order chi connectivity index (χ1) is 11.7. The Bertz CT molecular complexity index is 721. The molecule has 1 aromatic heterocycles. The average Bonchev–Trinajstić information content (AvgIpc) is 2.62. The van der Waals surface area contributed by atoms with Crippen LogP contribution in [0.1, 0.15) is 12.0 Å². The van der Waals surface area contributed by atoms with Crippen molar-refractivity contribution in [2.45, 2.75) is 17.9 Å². The highest BCUT2D eigenvalue weighted by atomic mass is 32.2. The molecular weight excluding hydrogens is 322 g/mol. The number of pyridine rings is 1. The Hall–Kier alpha value is -2.34. The van der Waals surface area contributed by atoms with Gasteiger partial charge < -0.3 is 5.32 Å². The van der Waals surface area contributed by atoms with Gasteiger partial charge in [0.05, 0.1) is 11.4 Å². The summed E-state index contributed by atoms with van der Waals surface area (Å²) in [6.07, 6.45) is 3.49. The van der Waals surface area contributed by atoms with Gasteiger partial charge >= 0.3 is 0 Å². The van der Waals surface area contributed by atoms with Gasteiger partial charge in [0.25, 0.3) is 0 Å². The van der Waals surface area contributed by atoms with Gasteiger partial charge in [0.1, 0.15) is 11.6 Å². The number of carbonyl (C=O) groups is 2. The monoisotopic (exact) mass is 341 g/mol.